The first-order valence-electron chi connectivity index (χ1n) is 6.22. The third kappa shape index (κ3) is 4.20. The number of ether oxygens (including phenoxy) is 1. The number of thiazole rings is 1. The molecule has 19 heavy (non-hydrogen) atoms. The molecule has 0 aliphatic heterocycles. The van der Waals surface area contributed by atoms with Crippen LogP contribution in [-0.2, 0) is 13.2 Å². The topological polar surface area (TPSA) is 34.1 Å². The normalized spacial score (nSPS) is 10.7. The van der Waals surface area contributed by atoms with Crippen LogP contribution in [0.5, 0.6) is 5.75 Å². The zero-order valence-electron chi connectivity index (χ0n) is 11.1. The maximum atomic E-state index is 5.91. The van der Waals surface area contributed by atoms with Gasteiger partial charge in [0.1, 0.15) is 17.4 Å². The summed E-state index contributed by atoms with van der Waals surface area (Å²) in [5.74, 6) is 0.854. The van der Waals surface area contributed by atoms with Gasteiger partial charge in [0.15, 0.2) is 0 Å². The Labute approximate surface area is 122 Å². The van der Waals surface area contributed by atoms with Crippen LogP contribution < -0.4 is 10.1 Å². The molecule has 2 rings (SSSR count). The molecule has 0 saturated carbocycles. The Balaban J connectivity index is 1.92. The Morgan fingerprint density at radius 2 is 2.26 bits per heavy atom. The third-order valence-corrected chi connectivity index (χ3v) is 3.75. The van der Waals surface area contributed by atoms with Crippen LogP contribution in [0.2, 0.25) is 5.02 Å². The molecule has 5 heteroatoms. The second-order valence-electron chi connectivity index (χ2n) is 4.21. The van der Waals surface area contributed by atoms with Gasteiger partial charge >= 0.3 is 0 Å². The first-order valence-corrected chi connectivity index (χ1v) is 7.47. The van der Waals surface area contributed by atoms with Crippen LogP contribution >= 0.6 is 22.9 Å². The highest BCUT2D eigenvalue weighted by Gasteiger charge is 2.05. The molecule has 1 aromatic carbocycles. The monoisotopic (exact) mass is 296 g/mol. The molecule has 0 saturated heterocycles. The van der Waals surface area contributed by atoms with Gasteiger partial charge in [0.25, 0.3) is 0 Å². The molecular formula is C14H17ClN2OS. The predicted octanol–water partition coefficient (Wildman–Crippen LogP) is 3.79. The van der Waals surface area contributed by atoms with Gasteiger partial charge in [-0.05, 0) is 37.2 Å². The Hall–Kier alpha value is -1.10. The molecule has 0 atom stereocenters. The van der Waals surface area contributed by atoms with Gasteiger partial charge in [-0.25, -0.2) is 4.98 Å². The van der Waals surface area contributed by atoms with E-state index in [1.165, 1.54) is 0 Å². The van der Waals surface area contributed by atoms with Crippen molar-refractivity contribution < 1.29 is 4.74 Å². The van der Waals surface area contributed by atoms with Crippen molar-refractivity contribution in [1.82, 2.24) is 10.3 Å². The van der Waals surface area contributed by atoms with Crippen molar-refractivity contribution in [1.29, 1.82) is 0 Å². The number of benzene rings is 1. The maximum Gasteiger partial charge on any atom is 0.140 e. The second kappa shape index (κ2) is 6.89. The fourth-order valence-corrected chi connectivity index (χ4v) is 2.60. The van der Waals surface area contributed by atoms with Gasteiger partial charge in [-0.15, -0.1) is 11.3 Å². The van der Waals surface area contributed by atoms with Crippen LogP contribution in [0.4, 0.5) is 0 Å². The predicted molar refractivity (Wildman–Crippen MR) is 80.0 cm³/mol. The number of aromatic nitrogens is 1. The zero-order chi connectivity index (χ0) is 13.7. The summed E-state index contributed by atoms with van der Waals surface area (Å²) >= 11 is 7.54. The number of aryl methyl sites for hydroxylation is 1. The van der Waals surface area contributed by atoms with E-state index in [0.29, 0.717) is 6.61 Å². The summed E-state index contributed by atoms with van der Waals surface area (Å²) in [7, 11) is 0. The highest BCUT2D eigenvalue weighted by Crippen LogP contribution is 2.23. The number of hydrogen-bond donors (Lipinski definition) is 1. The summed E-state index contributed by atoms with van der Waals surface area (Å²) < 4.78 is 5.76. The number of nitrogens with one attached hydrogen (secondary N) is 1. The highest BCUT2D eigenvalue weighted by atomic mass is 35.5. The van der Waals surface area contributed by atoms with Crippen molar-refractivity contribution in [3.63, 3.8) is 0 Å². The van der Waals surface area contributed by atoms with E-state index in [1.54, 1.807) is 11.3 Å². The van der Waals surface area contributed by atoms with Crippen LogP contribution in [-0.4, -0.2) is 11.5 Å². The van der Waals surface area contributed by atoms with E-state index >= 15 is 0 Å². The van der Waals surface area contributed by atoms with Crippen LogP contribution in [0, 0.1) is 6.92 Å². The maximum absolute atomic E-state index is 5.91. The van der Waals surface area contributed by atoms with Crippen LogP contribution in [0.1, 0.15) is 23.2 Å². The molecule has 2 aromatic rings. The van der Waals surface area contributed by atoms with Crippen molar-refractivity contribution in [2.45, 2.75) is 27.0 Å². The SMILES string of the molecule is CCNCc1csc(COc2ccc(Cl)cc2C)n1. The fraction of sp³-hybridized carbons (Fsp3) is 0.357. The van der Waals surface area contributed by atoms with Gasteiger partial charge in [-0.2, -0.15) is 0 Å². The number of halogens is 1. The van der Waals surface area contributed by atoms with Crippen molar-refractivity contribution >= 4 is 22.9 Å². The molecular weight excluding hydrogens is 280 g/mol. The lowest BCUT2D eigenvalue weighted by Gasteiger charge is -2.07. The molecule has 1 aromatic heterocycles. The summed E-state index contributed by atoms with van der Waals surface area (Å²) in [6, 6.07) is 5.63. The highest BCUT2D eigenvalue weighted by molar-refractivity contribution is 7.09. The van der Waals surface area contributed by atoms with Crippen LogP contribution in [0.15, 0.2) is 23.6 Å². The smallest absolute Gasteiger partial charge is 0.140 e. The average Bonchev–Trinajstić information content (AvgIpc) is 2.83. The second-order valence-corrected chi connectivity index (χ2v) is 5.59. The molecule has 0 unspecified atom stereocenters. The fourth-order valence-electron chi connectivity index (χ4n) is 1.66. The number of rotatable bonds is 6. The lowest BCUT2D eigenvalue weighted by molar-refractivity contribution is 0.303. The molecule has 0 radical (unpaired) electrons. The lowest BCUT2D eigenvalue weighted by Crippen LogP contribution is -2.12. The van der Waals surface area contributed by atoms with Crippen molar-refractivity contribution in [2.75, 3.05) is 6.54 Å². The van der Waals surface area contributed by atoms with Gasteiger partial charge in [0, 0.05) is 16.9 Å². The van der Waals surface area contributed by atoms with E-state index in [-0.39, 0.29) is 0 Å². The van der Waals surface area contributed by atoms with Crippen molar-refractivity contribution in [3.05, 3.63) is 44.9 Å². The summed E-state index contributed by atoms with van der Waals surface area (Å²) in [6.07, 6.45) is 0. The molecule has 0 aliphatic carbocycles. The van der Waals surface area contributed by atoms with E-state index in [2.05, 4.69) is 22.6 Å². The molecule has 0 spiro atoms. The molecule has 3 nitrogen and oxygen atoms in total. The number of nitrogens with zero attached hydrogens (tertiary/aromatic N) is 1. The Kier molecular flexibility index (Phi) is 5.19. The van der Waals surface area contributed by atoms with Gasteiger partial charge in [-0.3, -0.25) is 0 Å². The average molecular weight is 297 g/mol. The van der Waals surface area contributed by atoms with E-state index in [9.17, 15) is 0 Å². The quantitative estimate of drug-likeness (QED) is 0.880. The third-order valence-electron chi connectivity index (χ3n) is 2.64. The lowest BCUT2D eigenvalue weighted by atomic mass is 10.2. The molecule has 1 N–H and O–H groups in total. The Bertz CT molecular complexity index is 542. The Morgan fingerprint density at radius 3 is 3.00 bits per heavy atom. The standard InChI is InChI=1S/C14H17ClN2OS/c1-3-16-7-12-9-19-14(17-12)8-18-13-5-4-11(15)6-10(13)2/h4-6,9,16H,3,7-8H2,1-2H3. The van der Waals surface area contributed by atoms with Gasteiger partial charge in [-0.1, -0.05) is 18.5 Å². The van der Waals surface area contributed by atoms with Crippen LogP contribution in [0.25, 0.3) is 0 Å². The molecule has 0 bridgehead atoms. The zero-order valence-corrected chi connectivity index (χ0v) is 12.6. The van der Waals surface area contributed by atoms with E-state index in [1.807, 2.05) is 25.1 Å². The molecule has 0 fully saturated rings. The van der Waals surface area contributed by atoms with E-state index in [4.69, 9.17) is 16.3 Å². The summed E-state index contributed by atoms with van der Waals surface area (Å²) in [4.78, 5) is 4.52. The van der Waals surface area contributed by atoms with Gasteiger partial charge in [0.2, 0.25) is 0 Å². The minimum atomic E-state index is 0.499. The van der Waals surface area contributed by atoms with Crippen molar-refractivity contribution in [3.8, 4) is 5.75 Å². The first kappa shape index (κ1) is 14.3. The minimum absolute atomic E-state index is 0.499. The Morgan fingerprint density at radius 1 is 1.42 bits per heavy atom. The summed E-state index contributed by atoms with van der Waals surface area (Å²) in [5, 5.41) is 7.04. The molecule has 102 valence electrons. The largest absolute Gasteiger partial charge is 0.486 e. The summed E-state index contributed by atoms with van der Waals surface area (Å²) in [6.45, 7) is 6.33. The van der Waals surface area contributed by atoms with E-state index < -0.39 is 0 Å². The van der Waals surface area contributed by atoms with E-state index in [0.717, 1.165) is 40.1 Å². The number of hydrogen-bond acceptors (Lipinski definition) is 4. The van der Waals surface area contributed by atoms with Gasteiger partial charge < -0.3 is 10.1 Å². The van der Waals surface area contributed by atoms with Crippen molar-refractivity contribution in [2.24, 2.45) is 0 Å². The molecule has 0 amide bonds. The van der Waals surface area contributed by atoms with Gasteiger partial charge in [0.05, 0.1) is 5.69 Å². The first-order chi connectivity index (χ1) is 9.19. The molecule has 0 aliphatic rings. The molecule has 1 heterocycles. The minimum Gasteiger partial charge on any atom is -0.486 e. The van der Waals surface area contributed by atoms with Crippen LogP contribution in [0.3, 0.4) is 0 Å². The summed E-state index contributed by atoms with van der Waals surface area (Å²) in [5.41, 5.74) is 2.11.